The molecule has 3 aromatic rings. The lowest BCUT2D eigenvalue weighted by Crippen LogP contribution is -2.24. The Kier molecular flexibility index (Phi) is 5.31. The van der Waals surface area contributed by atoms with Crippen LogP contribution in [0.5, 0.6) is 0 Å². The normalized spacial score (nSPS) is 10.7. The van der Waals surface area contributed by atoms with Gasteiger partial charge in [-0.1, -0.05) is 0 Å². The van der Waals surface area contributed by atoms with Gasteiger partial charge in [0.15, 0.2) is 0 Å². The lowest BCUT2D eigenvalue weighted by molar-refractivity contribution is -0.118. The van der Waals surface area contributed by atoms with E-state index in [4.69, 9.17) is 4.42 Å². The van der Waals surface area contributed by atoms with Crippen LogP contribution in [0.4, 0.5) is 0 Å². The molecule has 22 heavy (non-hydrogen) atoms. The van der Waals surface area contributed by atoms with E-state index in [9.17, 15) is 4.79 Å². The van der Waals surface area contributed by atoms with E-state index in [-0.39, 0.29) is 5.91 Å². The number of thiazole rings is 1. The van der Waals surface area contributed by atoms with Crippen LogP contribution in [0.15, 0.2) is 45.0 Å². The second-order valence-electron chi connectivity index (χ2n) is 4.50. The Morgan fingerprint density at radius 2 is 2.32 bits per heavy atom. The molecule has 4 nitrogen and oxygen atoms in total. The number of nitrogens with zero attached hydrogens (tertiary/aromatic N) is 1. The van der Waals surface area contributed by atoms with Crippen molar-refractivity contribution in [3.8, 4) is 10.6 Å². The fourth-order valence-corrected chi connectivity index (χ4v) is 4.17. The van der Waals surface area contributed by atoms with Crippen molar-refractivity contribution < 1.29 is 9.21 Å². The fraction of sp³-hybridized carbons (Fsp3) is 0.200. The minimum Gasteiger partial charge on any atom is -0.467 e. The van der Waals surface area contributed by atoms with E-state index in [1.54, 1.807) is 40.7 Å². The molecule has 0 bridgehead atoms. The van der Waals surface area contributed by atoms with Crippen LogP contribution in [0.3, 0.4) is 0 Å². The van der Waals surface area contributed by atoms with Gasteiger partial charge in [0.1, 0.15) is 10.8 Å². The summed E-state index contributed by atoms with van der Waals surface area (Å²) >= 11 is 4.88. The summed E-state index contributed by atoms with van der Waals surface area (Å²) in [7, 11) is 0. The number of aromatic nitrogens is 1. The Morgan fingerprint density at radius 1 is 1.36 bits per heavy atom. The maximum Gasteiger partial charge on any atom is 0.230 e. The maximum absolute atomic E-state index is 11.7. The highest BCUT2D eigenvalue weighted by atomic mass is 32.2. The second kappa shape index (κ2) is 7.62. The summed E-state index contributed by atoms with van der Waals surface area (Å²) in [5.74, 6) is 1.94. The van der Waals surface area contributed by atoms with E-state index in [1.807, 2.05) is 12.1 Å². The number of nitrogens with one attached hydrogen (secondary N) is 1. The number of rotatable bonds is 7. The van der Waals surface area contributed by atoms with Crippen LogP contribution in [0.2, 0.25) is 0 Å². The van der Waals surface area contributed by atoms with Gasteiger partial charge in [-0.25, -0.2) is 4.98 Å². The van der Waals surface area contributed by atoms with E-state index in [0.717, 1.165) is 22.2 Å². The summed E-state index contributed by atoms with van der Waals surface area (Å²) < 4.78 is 5.17. The SMILES string of the molecule is O=C(CSCc1csc(-c2ccsc2)n1)NCc1ccco1. The van der Waals surface area contributed by atoms with Crippen LogP contribution in [-0.4, -0.2) is 16.6 Å². The molecule has 0 saturated heterocycles. The smallest absolute Gasteiger partial charge is 0.230 e. The molecule has 0 aliphatic rings. The van der Waals surface area contributed by atoms with Gasteiger partial charge >= 0.3 is 0 Å². The standard InChI is InChI=1S/C15H14N2O2S3/c18-14(16-6-13-2-1-4-19-13)10-21-8-12-9-22-15(17-12)11-3-5-20-7-11/h1-5,7,9H,6,8,10H2,(H,16,18). The monoisotopic (exact) mass is 350 g/mol. The van der Waals surface area contributed by atoms with Crippen LogP contribution in [0, 0.1) is 0 Å². The van der Waals surface area contributed by atoms with E-state index in [2.05, 4.69) is 32.5 Å². The molecule has 3 rings (SSSR count). The summed E-state index contributed by atoms with van der Waals surface area (Å²) in [4.78, 5) is 16.3. The van der Waals surface area contributed by atoms with E-state index in [0.29, 0.717) is 12.3 Å². The molecule has 1 amide bonds. The second-order valence-corrected chi connectivity index (χ2v) is 7.13. The van der Waals surface area contributed by atoms with Crippen molar-refractivity contribution >= 4 is 40.3 Å². The van der Waals surface area contributed by atoms with Gasteiger partial charge in [-0.05, 0) is 23.6 Å². The summed E-state index contributed by atoms with van der Waals surface area (Å²) in [5, 5.41) is 10.1. The first kappa shape index (κ1) is 15.3. The third-order valence-corrected chi connectivity index (χ3v) is 5.43. The number of thioether (sulfide) groups is 1. The molecular formula is C15H14N2O2S3. The summed E-state index contributed by atoms with van der Waals surface area (Å²) in [5.41, 5.74) is 2.19. The predicted octanol–water partition coefficient (Wildman–Crippen LogP) is 4.01. The summed E-state index contributed by atoms with van der Waals surface area (Å²) in [6.45, 7) is 0.436. The molecule has 0 atom stereocenters. The molecule has 3 aromatic heterocycles. The third kappa shape index (κ3) is 4.22. The molecule has 1 N–H and O–H groups in total. The molecule has 114 valence electrons. The Morgan fingerprint density at radius 3 is 3.09 bits per heavy atom. The van der Waals surface area contributed by atoms with Crippen LogP contribution >= 0.6 is 34.4 Å². The molecule has 0 fully saturated rings. The van der Waals surface area contributed by atoms with Gasteiger partial charge in [0.05, 0.1) is 24.3 Å². The lowest BCUT2D eigenvalue weighted by atomic mass is 10.4. The topological polar surface area (TPSA) is 55.1 Å². The number of carbonyl (C=O) groups excluding carboxylic acids is 1. The third-order valence-electron chi connectivity index (χ3n) is 2.84. The predicted molar refractivity (Wildman–Crippen MR) is 92.1 cm³/mol. The summed E-state index contributed by atoms with van der Waals surface area (Å²) in [6, 6.07) is 5.72. The number of amides is 1. The first-order valence-corrected chi connectivity index (χ1v) is 9.63. The highest BCUT2D eigenvalue weighted by Gasteiger charge is 2.07. The quantitative estimate of drug-likeness (QED) is 0.699. The van der Waals surface area contributed by atoms with Gasteiger partial charge in [0.2, 0.25) is 5.91 Å². The number of carbonyl (C=O) groups is 1. The average Bonchev–Trinajstić information content (AvgIpc) is 3.26. The van der Waals surface area contributed by atoms with Crippen molar-refractivity contribution in [2.75, 3.05) is 5.75 Å². The van der Waals surface area contributed by atoms with Crippen LogP contribution < -0.4 is 5.32 Å². The Labute approximate surface area is 140 Å². The molecule has 0 aromatic carbocycles. The highest BCUT2D eigenvalue weighted by Crippen LogP contribution is 2.27. The number of thiophene rings is 1. The van der Waals surface area contributed by atoms with E-state index in [1.165, 1.54) is 5.56 Å². The van der Waals surface area contributed by atoms with Crippen molar-refractivity contribution in [3.05, 3.63) is 52.1 Å². The van der Waals surface area contributed by atoms with Crippen LogP contribution in [-0.2, 0) is 17.1 Å². The van der Waals surface area contributed by atoms with Crippen LogP contribution in [0.1, 0.15) is 11.5 Å². The number of hydrogen-bond acceptors (Lipinski definition) is 6. The zero-order valence-corrected chi connectivity index (χ0v) is 14.1. The lowest BCUT2D eigenvalue weighted by Gasteiger charge is -2.02. The minimum atomic E-state index is 0.00897. The van der Waals surface area contributed by atoms with Gasteiger partial charge in [-0.15, -0.1) is 23.1 Å². The average molecular weight is 350 g/mol. The molecular weight excluding hydrogens is 336 g/mol. The number of hydrogen-bond donors (Lipinski definition) is 1. The summed E-state index contributed by atoms with van der Waals surface area (Å²) in [6.07, 6.45) is 1.60. The van der Waals surface area contributed by atoms with Crippen molar-refractivity contribution in [2.24, 2.45) is 0 Å². The van der Waals surface area contributed by atoms with E-state index >= 15 is 0 Å². The zero-order valence-electron chi connectivity index (χ0n) is 11.7. The fourth-order valence-electron chi connectivity index (χ4n) is 1.79. The van der Waals surface area contributed by atoms with Crippen LogP contribution in [0.25, 0.3) is 10.6 Å². The van der Waals surface area contributed by atoms with Gasteiger partial charge in [0, 0.05) is 22.1 Å². The maximum atomic E-state index is 11.7. The van der Waals surface area contributed by atoms with Gasteiger partial charge in [0.25, 0.3) is 0 Å². The largest absolute Gasteiger partial charge is 0.467 e. The highest BCUT2D eigenvalue weighted by molar-refractivity contribution is 7.99. The number of furan rings is 1. The molecule has 0 aliphatic heterocycles. The van der Waals surface area contributed by atoms with Crippen molar-refractivity contribution in [3.63, 3.8) is 0 Å². The molecule has 3 heterocycles. The molecule has 0 unspecified atom stereocenters. The minimum absolute atomic E-state index is 0.00897. The first-order valence-electron chi connectivity index (χ1n) is 6.65. The van der Waals surface area contributed by atoms with Gasteiger partial charge in [-0.3, -0.25) is 4.79 Å². The Bertz CT molecular complexity index is 705. The van der Waals surface area contributed by atoms with Crippen molar-refractivity contribution in [1.82, 2.24) is 10.3 Å². The van der Waals surface area contributed by atoms with Crippen molar-refractivity contribution in [2.45, 2.75) is 12.3 Å². The van der Waals surface area contributed by atoms with E-state index < -0.39 is 0 Å². The van der Waals surface area contributed by atoms with Gasteiger partial charge < -0.3 is 9.73 Å². The van der Waals surface area contributed by atoms with Gasteiger partial charge in [-0.2, -0.15) is 11.3 Å². The molecule has 7 heteroatoms. The van der Waals surface area contributed by atoms with Crippen molar-refractivity contribution in [1.29, 1.82) is 0 Å². The molecule has 0 radical (unpaired) electrons. The zero-order chi connectivity index (χ0) is 15.2. The Hall–Kier alpha value is -1.57. The molecule has 0 spiro atoms. The molecule has 0 saturated carbocycles. The first-order chi connectivity index (χ1) is 10.8. The molecule has 0 aliphatic carbocycles. The Balaban J connectivity index is 1.40.